The van der Waals surface area contributed by atoms with Gasteiger partial charge < -0.3 is 5.32 Å². The van der Waals surface area contributed by atoms with Crippen LogP contribution in [0.5, 0.6) is 0 Å². The van der Waals surface area contributed by atoms with Crippen molar-refractivity contribution in [1.29, 1.82) is 0 Å². The second-order valence-electron chi connectivity index (χ2n) is 6.53. The molecule has 0 spiro atoms. The first-order valence-electron chi connectivity index (χ1n) is 9.20. The molecule has 0 bridgehead atoms. The van der Waals surface area contributed by atoms with Gasteiger partial charge in [0.15, 0.2) is 0 Å². The number of aryl methyl sites for hydroxylation is 1. The van der Waals surface area contributed by atoms with Gasteiger partial charge in [-0.25, -0.2) is 8.42 Å². The third-order valence-electron chi connectivity index (χ3n) is 4.19. The van der Waals surface area contributed by atoms with E-state index in [4.69, 9.17) is 11.6 Å². The molecule has 2 N–H and O–H groups in total. The molecule has 156 valence electrons. The molecule has 0 radical (unpaired) electrons. The van der Waals surface area contributed by atoms with E-state index in [0.717, 1.165) is 10.5 Å². The fourth-order valence-corrected chi connectivity index (χ4v) is 5.01. The predicted molar refractivity (Wildman–Crippen MR) is 123 cm³/mol. The van der Waals surface area contributed by atoms with Gasteiger partial charge in [-0.1, -0.05) is 47.5 Å². The van der Waals surface area contributed by atoms with Gasteiger partial charge in [-0.05, 0) is 49.4 Å². The van der Waals surface area contributed by atoms with E-state index in [1.54, 1.807) is 36.0 Å². The molecule has 3 rings (SSSR count). The molecular weight excluding hydrogens is 440 g/mol. The third-order valence-corrected chi connectivity index (χ3v) is 7.06. The lowest BCUT2D eigenvalue weighted by Crippen LogP contribution is -2.26. The molecule has 1 amide bonds. The first-order valence-corrected chi connectivity index (χ1v) is 12.0. The molecule has 0 aromatic heterocycles. The van der Waals surface area contributed by atoms with Crippen LogP contribution in [0.4, 0.5) is 5.69 Å². The average Bonchev–Trinajstić information content (AvgIpc) is 2.73. The average molecular weight is 461 g/mol. The Morgan fingerprint density at radius 3 is 2.40 bits per heavy atom. The maximum Gasteiger partial charge on any atom is 0.263 e. The van der Waals surface area contributed by atoms with Crippen molar-refractivity contribution in [2.24, 2.45) is 0 Å². The van der Waals surface area contributed by atoms with E-state index in [0.29, 0.717) is 18.0 Å². The number of sulfonamides is 1. The van der Waals surface area contributed by atoms with E-state index in [9.17, 15) is 13.2 Å². The highest BCUT2D eigenvalue weighted by atomic mass is 35.5. The van der Waals surface area contributed by atoms with Crippen LogP contribution < -0.4 is 10.0 Å². The highest BCUT2D eigenvalue weighted by Gasteiger charge is 2.20. The lowest BCUT2D eigenvalue weighted by atomic mass is 10.2. The molecule has 0 aliphatic heterocycles. The van der Waals surface area contributed by atoms with E-state index in [-0.39, 0.29) is 21.4 Å². The molecule has 0 fully saturated rings. The third kappa shape index (κ3) is 6.01. The van der Waals surface area contributed by atoms with Crippen molar-refractivity contribution in [1.82, 2.24) is 5.32 Å². The minimum Gasteiger partial charge on any atom is -0.351 e. The minimum atomic E-state index is -3.94. The number of hydrogen-bond donors (Lipinski definition) is 2. The summed E-state index contributed by atoms with van der Waals surface area (Å²) in [6.07, 6.45) is 0. The maximum atomic E-state index is 12.8. The Morgan fingerprint density at radius 2 is 1.70 bits per heavy atom. The molecule has 0 saturated heterocycles. The predicted octanol–water partition coefficient (Wildman–Crippen LogP) is 4.97. The van der Waals surface area contributed by atoms with E-state index < -0.39 is 10.0 Å². The topological polar surface area (TPSA) is 75.3 Å². The summed E-state index contributed by atoms with van der Waals surface area (Å²) < 4.78 is 28.0. The Morgan fingerprint density at radius 1 is 1.00 bits per heavy atom. The van der Waals surface area contributed by atoms with Crippen LogP contribution in [0, 0.1) is 6.92 Å². The first-order chi connectivity index (χ1) is 14.3. The van der Waals surface area contributed by atoms with Crippen LogP contribution in [0.3, 0.4) is 0 Å². The van der Waals surface area contributed by atoms with Crippen LogP contribution in [0.2, 0.25) is 5.02 Å². The fourth-order valence-electron chi connectivity index (χ4n) is 2.63. The van der Waals surface area contributed by atoms with Crippen LogP contribution >= 0.6 is 23.4 Å². The van der Waals surface area contributed by atoms with Crippen molar-refractivity contribution in [3.63, 3.8) is 0 Å². The highest BCUT2D eigenvalue weighted by molar-refractivity contribution is 7.99. The molecule has 3 aromatic rings. The normalized spacial score (nSPS) is 11.1. The van der Waals surface area contributed by atoms with Gasteiger partial charge in [0.1, 0.15) is 4.90 Å². The fraction of sp³-hybridized carbons (Fsp3) is 0.136. The van der Waals surface area contributed by atoms with Gasteiger partial charge in [0.25, 0.3) is 15.9 Å². The van der Waals surface area contributed by atoms with Gasteiger partial charge in [0, 0.05) is 28.4 Å². The molecular formula is C22H21ClN2O3S2. The van der Waals surface area contributed by atoms with E-state index in [1.807, 2.05) is 37.3 Å². The summed E-state index contributed by atoms with van der Waals surface area (Å²) in [4.78, 5) is 13.4. The zero-order valence-electron chi connectivity index (χ0n) is 16.3. The molecule has 0 aliphatic carbocycles. The van der Waals surface area contributed by atoms with Crippen LogP contribution in [0.15, 0.2) is 82.6 Å². The van der Waals surface area contributed by atoms with Crippen molar-refractivity contribution < 1.29 is 13.2 Å². The minimum absolute atomic E-state index is 0.0470. The molecule has 0 heterocycles. The number of halogens is 1. The van der Waals surface area contributed by atoms with Gasteiger partial charge in [-0.15, -0.1) is 11.8 Å². The van der Waals surface area contributed by atoms with Gasteiger partial charge in [-0.3, -0.25) is 9.52 Å². The highest BCUT2D eigenvalue weighted by Crippen LogP contribution is 2.25. The van der Waals surface area contributed by atoms with Gasteiger partial charge in [0.05, 0.1) is 5.02 Å². The van der Waals surface area contributed by atoms with Crippen LogP contribution in [-0.2, 0) is 10.0 Å². The molecule has 0 aliphatic rings. The number of rotatable bonds is 8. The van der Waals surface area contributed by atoms with Gasteiger partial charge in [0.2, 0.25) is 0 Å². The van der Waals surface area contributed by atoms with Crippen molar-refractivity contribution in [3.8, 4) is 0 Å². The monoisotopic (exact) mass is 460 g/mol. The Kier molecular flexibility index (Phi) is 7.42. The quantitative estimate of drug-likeness (QED) is 0.367. The Labute approximate surface area is 185 Å². The number of thioether (sulfide) groups is 1. The maximum absolute atomic E-state index is 12.8. The zero-order valence-corrected chi connectivity index (χ0v) is 18.7. The summed E-state index contributed by atoms with van der Waals surface area (Å²) in [5.41, 5.74) is 1.66. The summed E-state index contributed by atoms with van der Waals surface area (Å²) in [6.45, 7) is 2.36. The summed E-state index contributed by atoms with van der Waals surface area (Å²) in [7, 11) is -3.94. The lowest BCUT2D eigenvalue weighted by molar-refractivity contribution is 0.0956. The molecule has 30 heavy (non-hydrogen) atoms. The molecule has 8 heteroatoms. The van der Waals surface area contributed by atoms with Gasteiger partial charge >= 0.3 is 0 Å². The SMILES string of the molecule is Cc1ccc(NS(=O)(=O)c2cc(C(=O)NCCSc3ccccc3)ccc2Cl)cc1. The van der Waals surface area contributed by atoms with Crippen molar-refractivity contribution in [3.05, 3.63) is 88.9 Å². The number of nitrogens with one attached hydrogen (secondary N) is 2. The van der Waals surface area contributed by atoms with Crippen LogP contribution in [0.1, 0.15) is 15.9 Å². The van der Waals surface area contributed by atoms with Gasteiger partial charge in [-0.2, -0.15) is 0 Å². The summed E-state index contributed by atoms with van der Waals surface area (Å²) >= 11 is 7.75. The van der Waals surface area contributed by atoms with E-state index >= 15 is 0 Å². The lowest BCUT2D eigenvalue weighted by Gasteiger charge is -2.12. The van der Waals surface area contributed by atoms with Crippen molar-refractivity contribution in [2.45, 2.75) is 16.7 Å². The number of hydrogen-bond acceptors (Lipinski definition) is 4. The van der Waals surface area contributed by atoms with Crippen LogP contribution in [0.25, 0.3) is 0 Å². The van der Waals surface area contributed by atoms with Crippen molar-refractivity contribution in [2.75, 3.05) is 17.0 Å². The number of carbonyl (C=O) groups is 1. The van der Waals surface area contributed by atoms with Crippen LogP contribution in [-0.4, -0.2) is 26.6 Å². The Bertz CT molecular complexity index is 1120. The number of anilines is 1. The van der Waals surface area contributed by atoms with E-state index in [2.05, 4.69) is 10.0 Å². The van der Waals surface area contributed by atoms with Crippen molar-refractivity contribution >= 4 is 45.0 Å². The summed E-state index contributed by atoms with van der Waals surface area (Å²) in [5, 5.41) is 2.85. The molecule has 0 unspecified atom stereocenters. The Hall–Kier alpha value is -2.48. The molecule has 5 nitrogen and oxygen atoms in total. The largest absolute Gasteiger partial charge is 0.351 e. The summed E-state index contributed by atoms with van der Waals surface area (Å²) in [6, 6.07) is 21.0. The number of carbonyl (C=O) groups excluding carboxylic acids is 1. The van der Waals surface area contributed by atoms with E-state index in [1.165, 1.54) is 18.2 Å². The molecule has 0 atom stereocenters. The zero-order chi connectivity index (χ0) is 21.6. The second kappa shape index (κ2) is 10.0. The molecule has 0 saturated carbocycles. The number of benzene rings is 3. The second-order valence-corrected chi connectivity index (χ2v) is 9.76. The standard InChI is InChI=1S/C22H21ClN2O3S2/c1-16-7-10-18(11-8-16)25-30(27,28)21-15-17(9-12-20(21)23)22(26)24-13-14-29-19-5-3-2-4-6-19/h2-12,15,25H,13-14H2,1H3,(H,24,26). The molecule has 3 aromatic carbocycles. The Balaban J connectivity index is 1.66. The summed E-state index contributed by atoms with van der Waals surface area (Å²) in [5.74, 6) is 0.343. The smallest absolute Gasteiger partial charge is 0.263 e. The first kappa shape index (κ1) is 22.2. The number of amides is 1.